The highest BCUT2D eigenvalue weighted by Crippen LogP contribution is 2.38. The SMILES string of the molecule is Cc1nc(C)c(Cl)c(OCC(=O)c2sc3ccccc3c2O)c1Cl. The first-order chi connectivity index (χ1) is 11.4. The summed E-state index contributed by atoms with van der Waals surface area (Å²) >= 11 is 13.6. The fraction of sp³-hybridized carbons (Fsp3) is 0.176. The number of hydrogen-bond acceptors (Lipinski definition) is 5. The van der Waals surface area contributed by atoms with Crippen LogP contribution in [0.4, 0.5) is 0 Å². The molecule has 0 amide bonds. The van der Waals surface area contributed by atoms with E-state index in [4.69, 9.17) is 27.9 Å². The highest BCUT2D eigenvalue weighted by atomic mass is 35.5. The summed E-state index contributed by atoms with van der Waals surface area (Å²) in [5.74, 6) is -0.131. The largest absolute Gasteiger partial charge is 0.506 e. The number of carbonyl (C=O) groups excluding carboxylic acids is 1. The molecular formula is C17H13Cl2NO3S. The monoisotopic (exact) mass is 381 g/mol. The predicted molar refractivity (Wildman–Crippen MR) is 97.0 cm³/mol. The quantitative estimate of drug-likeness (QED) is 0.631. The lowest BCUT2D eigenvalue weighted by Gasteiger charge is -2.12. The molecule has 3 rings (SSSR count). The third-order valence-electron chi connectivity index (χ3n) is 3.54. The van der Waals surface area contributed by atoms with Crippen molar-refractivity contribution >= 4 is 50.4 Å². The van der Waals surface area contributed by atoms with Crippen LogP contribution in [0.15, 0.2) is 24.3 Å². The van der Waals surface area contributed by atoms with Crippen molar-refractivity contribution in [2.24, 2.45) is 0 Å². The Morgan fingerprint density at radius 3 is 2.46 bits per heavy atom. The number of hydrogen-bond donors (Lipinski definition) is 1. The molecule has 7 heteroatoms. The normalized spacial score (nSPS) is 11.0. The van der Waals surface area contributed by atoms with E-state index in [0.29, 0.717) is 16.8 Å². The molecule has 124 valence electrons. The van der Waals surface area contributed by atoms with E-state index in [1.807, 2.05) is 18.2 Å². The third-order valence-corrected chi connectivity index (χ3v) is 5.63. The zero-order chi connectivity index (χ0) is 17.4. The Kier molecular flexibility index (Phi) is 4.67. The van der Waals surface area contributed by atoms with Gasteiger partial charge in [0.1, 0.15) is 20.7 Å². The molecule has 0 spiro atoms. The standard InChI is InChI=1S/C17H13Cl2NO3S/c1-8-13(18)16(14(19)9(2)20-8)23-7-11(21)17-15(22)10-5-3-4-6-12(10)24-17/h3-6,22H,7H2,1-2H3. The second-order valence-electron chi connectivity index (χ2n) is 5.23. The molecule has 4 nitrogen and oxygen atoms in total. The van der Waals surface area contributed by atoms with Crippen LogP contribution in [0.2, 0.25) is 10.0 Å². The molecule has 0 fully saturated rings. The number of aromatic nitrogens is 1. The van der Waals surface area contributed by atoms with Crippen LogP contribution in [0, 0.1) is 13.8 Å². The Bertz CT molecular complexity index is 926. The number of pyridine rings is 1. The minimum atomic E-state index is -0.340. The summed E-state index contributed by atoms with van der Waals surface area (Å²) in [7, 11) is 0. The van der Waals surface area contributed by atoms with Gasteiger partial charge in [0.2, 0.25) is 5.78 Å². The molecule has 0 bridgehead atoms. The molecule has 0 radical (unpaired) electrons. The van der Waals surface area contributed by atoms with Crippen LogP contribution in [0.3, 0.4) is 0 Å². The number of halogens is 2. The average Bonchev–Trinajstić information content (AvgIpc) is 2.90. The summed E-state index contributed by atoms with van der Waals surface area (Å²) < 4.78 is 6.38. The molecule has 0 aliphatic rings. The Hall–Kier alpha value is -1.82. The number of rotatable bonds is 4. The number of aryl methyl sites for hydroxylation is 2. The van der Waals surface area contributed by atoms with Crippen molar-refractivity contribution in [1.82, 2.24) is 4.98 Å². The summed E-state index contributed by atoms with van der Waals surface area (Å²) in [6.07, 6.45) is 0. The van der Waals surface area contributed by atoms with E-state index >= 15 is 0 Å². The number of ether oxygens (including phenoxy) is 1. The summed E-state index contributed by atoms with van der Waals surface area (Å²) in [4.78, 5) is 16.9. The zero-order valence-corrected chi connectivity index (χ0v) is 15.2. The van der Waals surface area contributed by atoms with Crippen LogP contribution in [0.25, 0.3) is 10.1 Å². The van der Waals surface area contributed by atoms with E-state index < -0.39 is 0 Å². The van der Waals surface area contributed by atoms with Crippen molar-refractivity contribution in [3.8, 4) is 11.5 Å². The van der Waals surface area contributed by atoms with E-state index in [1.54, 1.807) is 19.9 Å². The van der Waals surface area contributed by atoms with E-state index in [-0.39, 0.29) is 38.8 Å². The summed E-state index contributed by atoms with van der Waals surface area (Å²) in [6, 6.07) is 7.27. The maximum Gasteiger partial charge on any atom is 0.213 e. The zero-order valence-electron chi connectivity index (χ0n) is 12.9. The molecule has 0 saturated carbocycles. The van der Waals surface area contributed by atoms with Crippen molar-refractivity contribution in [2.75, 3.05) is 6.61 Å². The molecule has 0 atom stereocenters. The van der Waals surface area contributed by atoms with E-state index in [0.717, 1.165) is 4.70 Å². The fourth-order valence-electron chi connectivity index (χ4n) is 2.33. The molecule has 0 aliphatic carbocycles. The minimum Gasteiger partial charge on any atom is -0.506 e. The highest BCUT2D eigenvalue weighted by molar-refractivity contribution is 7.21. The van der Waals surface area contributed by atoms with Gasteiger partial charge in [0.05, 0.1) is 11.4 Å². The van der Waals surface area contributed by atoms with Gasteiger partial charge in [0.15, 0.2) is 12.4 Å². The van der Waals surface area contributed by atoms with Gasteiger partial charge in [-0.15, -0.1) is 11.3 Å². The maximum absolute atomic E-state index is 12.4. The molecule has 2 aromatic heterocycles. The van der Waals surface area contributed by atoms with Gasteiger partial charge in [-0.3, -0.25) is 9.78 Å². The van der Waals surface area contributed by atoms with Crippen LogP contribution < -0.4 is 4.74 Å². The molecule has 3 aromatic rings. The molecule has 1 N–H and O–H groups in total. The number of benzene rings is 1. The summed E-state index contributed by atoms with van der Waals surface area (Å²) in [6.45, 7) is 3.19. The molecule has 0 unspecified atom stereocenters. The lowest BCUT2D eigenvalue weighted by molar-refractivity contribution is 0.0923. The first-order valence-corrected chi connectivity index (χ1v) is 8.66. The Balaban J connectivity index is 1.87. The van der Waals surface area contributed by atoms with Gasteiger partial charge < -0.3 is 9.84 Å². The highest BCUT2D eigenvalue weighted by Gasteiger charge is 2.20. The van der Waals surface area contributed by atoms with Crippen LogP contribution in [0.1, 0.15) is 21.1 Å². The first-order valence-electron chi connectivity index (χ1n) is 7.08. The fourth-order valence-corrected chi connectivity index (χ4v) is 3.78. The van der Waals surface area contributed by atoms with Gasteiger partial charge in [-0.1, -0.05) is 35.3 Å². The van der Waals surface area contributed by atoms with Crippen LogP contribution in [0.5, 0.6) is 11.5 Å². The molecule has 2 heterocycles. The van der Waals surface area contributed by atoms with Gasteiger partial charge in [0.25, 0.3) is 0 Å². The molecular weight excluding hydrogens is 369 g/mol. The molecule has 0 aliphatic heterocycles. The van der Waals surface area contributed by atoms with Crippen molar-refractivity contribution in [1.29, 1.82) is 0 Å². The van der Waals surface area contributed by atoms with Gasteiger partial charge in [-0.2, -0.15) is 0 Å². The molecule has 24 heavy (non-hydrogen) atoms. The van der Waals surface area contributed by atoms with Crippen molar-refractivity contribution in [3.63, 3.8) is 0 Å². The second kappa shape index (κ2) is 6.59. The van der Waals surface area contributed by atoms with Crippen molar-refractivity contribution in [2.45, 2.75) is 13.8 Å². The topological polar surface area (TPSA) is 59.4 Å². The first kappa shape index (κ1) is 17.0. The summed E-state index contributed by atoms with van der Waals surface area (Å²) in [5, 5.41) is 11.4. The van der Waals surface area contributed by atoms with Crippen LogP contribution in [-0.2, 0) is 0 Å². The molecule has 1 aromatic carbocycles. The number of nitrogens with zero attached hydrogens (tertiary/aromatic N) is 1. The molecule has 0 saturated heterocycles. The van der Waals surface area contributed by atoms with Crippen molar-refractivity contribution < 1.29 is 14.6 Å². The van der Waals surface area contributed by atoms with Crippen molar-refractivity contribution in [3.05, 3.63) is 50.6 Å². The number of fused-ring (bicyclic) bond motifs is 1. The van der Waals surface area contributed by atoms with E-state index in [2.05, 4.69) is 4.98 Å². The smallest absolute Gasteiger partial charge is 0.213 e. The van der Waals surface area contributed by atoms with Gasteiger partial charge >= 0.3 is 0 Å². The van der Waals surface area contributed by atoms with Gasteiger partial charge in [-0.05, 0) is 26.0 Å². The number of carbonyl (C=O) groups is 1. The van der Waals surface area contributed by atoms with Crippen LogP contribution in [-0.4, -0.2) is 22.5 Å². The lowest BCUT2D eigenvalue weighted by atomic mass is 10.2. The average molecular weight is 382 g/mol. The maximum atomic E-state index is 12.4. The summed E-state index contributed by atoms with van der Waals surface area (Å²) in [5.41, 5.74) is 1.15. The Morgan fingerprint density at radius 1 is 1.21 bits per heavy atom. The van der Waals surface area contributed by atoms with E-state index in [1.165, 1.54) is 11.3 Å². The Morgan fingerprint density at radius 2 is 1.83 bits per heavy atom. The lowest BCUT2D eigenvalue weighted by Crippen LogP contribution is -2.11. The number of thiophene rings is 1. The van der Waals surface area contributed by atoms with Gasteiger partial charge in [-0.25, -0.2) is 0 Å². The number of aromatic hydroxyl groups is 1. The Labute approximate surface area is 152 Å². The second-order valence-corrected chi connectivity index (χ2v) is 7.04. The van der Waals surface area contributed by atoms with Crippen LogP contribution >= 0.6 is 34.5 Å². The number of Topliss-reactive ketones (excluding diaryl/α,β-unsaturated/α-hetero) is 1. The third kappa shape index (κ3) is 2.95. The minimum absolute atomic E-state index is 0.0246. The number of ketones is 1. The van der Waals surface area contributed by atoms with Gasteiger partial charge in [0, 0.05) is 10.1 Å². The van der Waals surface area contributed by atoms with E-state index in [9.17, 15) is 9.90 Å². The predicted octanol–water partition coefficient (Wildman–Crippen LogP) is 5.19.